The van der Waals surface area contributed by atoms with Crippen LogP contribution in [-0.4, -0.2) is 48.7 Å². The summed E-state index contributed by atoms with van der Waals surface area (Å²) in [5.41, 5.74) is 0.363. The van der Waals surface area contributed by atoms with Crippen molar-refractivity contribution in [3.8, 4) is 11.5 Å². The molecule has 1 aromatic carbocycles. The predicted octanol–water partition coefficient (Wildman–Crippen LogP) is 2.68. The number of halogens is 1. The van der Waals surface area contributed by atoms with Crippen LogP contribution in [0.15, 0.2) is 12.1 Å². The summed E-state index contributed by atoms with van der Waals surface area (Å²) >= 11 is 6.21. The maximum atomic E-state index is 12.5. The lowest BCUT2D eigenvalue weighted by atomic mass is 10.1. The molecule has 1 amide bonds. The minimum absolute atomic E-state index is 0.211. The van der Waals surface area contributed by atoms with Crippen LogP contribution >= 0.6 is 11.6 Å². The Morgan fingerprint density at radius 3 is 2.74 bits per heavy atom. The van der Waals surface area contributed by atoms with Gasteiger partial charge in [0.15, 0.2) is 11.5 Å². The third-order valence-electron chi connectivity index (χ3n) is 3.75. The number of benzene rings is 1. The molecule has 7 heteroatoms. The lowest BCUT2D eigenvalue weighted by Gasteiger charge is -2.18. The van der Waals surface area contributed by atoms with E-state index in [1.807, 2.05) is 6.92 Å². The first-order valence-corrected chi connectivity index (χ1v) is 7.88. The van der Waals surface area contributed by atoms with Crippen molar-refractivity contribution >= 4 is 23.5 Å². The van der Waals surface area contributed by atoms with Crippen molar-refractivity contribution in [1.29, 1.82) is 0 Å². The summed E-state index contributed by atoms with van der Waals surface area (Å²) in [6.45, 7) is 3.10. The van der Waals surface area contributed by atoms with Gasteiger partial charge in [-0.3, -0.25) is 9.59 Å². The Morgan fingerprint density at radius 2 is 2.17 bits per heavy atom. The molecule has 0 aliphatic carbocycles. The molecule has 6 nitrogen and oxygen atoms in total. The summed E-state index contributed by atoms with van der Waals surface area (Å²) in [5.74, 6) is -0.834. The van der Waals surface area contributed by atoms with E-state index in [-0.39, 0.29) is 12.5 Å². The number of likely N-dealkylation sites (tertiary alicyclic amines) is 1. The fourth-order valence-electron chi connectivity index (χ4n) is 2.52. The summed E-state index contributed by atoms with van der Waals surface area (Å²) in [5, 5.41) is 9.33. The standard InChI is InChI=1S/C16H20ClNO5/c1-3-6-23-14-12(17)7-11(8-13(14)22-2)15(19)18-5-4-10(9-18)16(20)21/h7-8,10H,3-6,9H2,1-2H3,(H,20,21)/t10-/m1/s1. The first kappa shape index (κ1) is 17.4. The van der Waals surface area contributed by atoms with Crippen LogP contribution in [0.3, 0.4) is 0 Å². The molecule has 1 aliphatic rings. The number of aliphatic carboxylic acids is 1. The monoisotopic (exact) mass is 341 g/mol. The van der Waals surface area contributed by atoms with E-state index in [2.05, 4.69) is 0 Å². The average molecular weight is 342 g/mol. The van der Waals surface area contributed by atoms with E-state index in [1.54, 1.807) is 6.07 Å². The molecule has 0 spiro atoms. The van der Waals surface area contributed by atoms with Crippen molar-refractivity contribution in [1.82, 2.24) is 4.90 Å². The number of hydrogen-bond acceptors (Lipinski definition) is 4. The lowest BCUT2D eigenvalue weighted by molar-refractivity contribution is -0.141. The molecule has 0 bridgehead atoms. The Balaban J connectivity index is 2.21. The molecule has 0 aromatic heterocycles. The first-order valence-electron chi connectivity index (χ1n) is 7.50. The van der Waals surface area contributed by atoms with Gasteiger partial charge in [-0.15, -0.1) is 0 Å². The number of rotatable bonds is 6. The van der Waals surface area contributed by atoms with Crippen LogP contribution in [0.2, 0.25) is 5.02 Å². The van der Waals surface area contributed by atoms with Crippen LogP contribution in [0, 0.1) is 5.92 Å². The van der Waals surface area contributed by atoms with Gasteiger partial charge in [0.05, 0.1) is 24.7 Å². The van der Waals surface area contributed by atoms with Gasteiger partial charge in [-0.25, -0.2) is 0 Å². The number of amides is 1. The fourth-order valence-corrected chi connectivity index (χ4v) is 2.78. The minimum atomic E-state index is -0.876. The highest BCUT2D eigenvalue weighted by molar-refractivity contribution is 6.32. The lowest BCUT2D eigenvalue weighted by Crippen LogP contribution is -2.30. The normalized spacial score (nSPS) is 17.2. The largest absolute Gasteiger partial charge is 0.493 e. The summed E-state index contributed by atoms with van der Waals surface area (Å²) < 4.78 is 10.8. The van der Waals surface area contributed by atoms with Crippen LogP contribution in [0.1, 0.15) is 30.1 Å². The van der Waals surface area contributed by atoms with Crippen LogP contribution in [0.25, 0.3) is 0 Å². The third-order valence-corrected chi connectivity index (χ3v) is 4.03. The van der Waals surface area contributed by atoms with E-state index in [4.69, 9.17) is 26.2 Å². The highest BCUT2D eigenvalue weighted by Crippen LogP contribution is 2.37. The predicted molar refractivity (Wildman–Crippen MR) is 85.4 cm³/mol. The molecule has 1 saturated heterocycles. The van der Waals surface area contributed by atoms with Crippen molar-refractivity contribution in [3.05, 3.63) is 22.7 Å². The SMILES string of the molecule is CCCOc1c(Cl)cc(C(=O)N2CC[C@@H](C(=O)O)C2)cc1OC. The third kappa shape index (κ3) is 3.88. The second-order valence-electron chi connectivity index (χ2n) is 5.41. The van der Waals surface area contributed by atoms with Crippen molar-refractivity contribution < 1.29 is 24.2 Å². The van der Waals surface area contributed by atoms with Crippen LogP contribution in [0.5, 0.6) is 11.5 Å². The van der Waals surface area contributed by atoms with Gasteiger partial charge in [0, 0.05) is 18.7 Å². The summed E-state index contributed by atoms with van der Waals surface area (Å²) in [6, 6.07) is 3.11. The van der Waals surface area contributed by atoms with Crippen molar-refractivity contribution in [2.75, 3.05) is 26.8 Å². The molecule has 1 aromatic rings. The molecular weight excluding hydrogens is 322 g/mol. The van der Waals surface area contributed by atoms with E-state index in [0.29, 0.717) is 41.7 Å². The van der Waals surface area contributed by atoms with Gasteiger partial charge in [0.1, 0.15) is 0 Å². The number of carbonyl (C=O) groups excluding carboxylic acids is 1. The van der Waals surface area contributed by atoms with Crippen molar-refractivity contribution in [3.63, 3.8) is 0 Å². The van der Waals surface area contributed by atoms with Gasteiger partial charge in [0.2, 0.25) is 0 Å². The van der Waals surface area contributed by atoms with Gasteiger partial charge in [-0.05, 0) is 25.0 Å². The Hall–Kier alpha value is -1.95. The zero-order chi connectivity index (χ0) is 17.0. The maximum Gasteiger partial charge on any atom is 0.308 e. The summed E-state index contributed by atoms with van der Waals surface area (Å²) in [4.78, 5) is 25.1. The molecule has 1 atom stereocenters. The van der Waals surface area contributed by atoms with E-state index in [0.717, 1.165) is 6.42 Å². The molecular formula is C16H20ClNO5. The van der Waals surface area contributed by atoms with E-state index >= 15 is 0 Å². The fraction of sp³-hybridized carbons (Fsp3) is 0.500. The van der Waals surface area contributed by atoms with Gasteiger partial charge < -0.3 is 19.5 Å². The highest BCUT2D eigenvalue weighted by Gasteiger charge is 2.31. The maximum absolute atomic E-state index is 12.5. The molecule has 23 heavy (non-hydrogen) atoms. The quantitative estimate of drug-likeness (QED) is 0.860. The Kier molecular flexibility index (Phi) is 5.71. The number of nitrogens with zero attached hydrogens (tertiary/aromatic N) is 1. The molecule has 1 aliphatic heterocycles. The zero-order valence-electron chi connectivity index (χ0n) is 13.2. The number of hydrogen-bond donors (Lipinski definition) is 1. The Bertz CT molecular complexity index is 604. The molecule has 1 heterocycles. The van der Waals surface area contributed by atoms with E-state index < -0.39 is 11.9 Å². The molecule has 2 rings (SSSR count). The average Bonchev–Trinajstić information content (AvgIpc) is 3.02. The number of carboxylic acid groups (broad SMARTS) is 1. The number of methoxy groups -OCH3 is 1. The molecule has 0 unspecified atom stereocenters. The van der Waals surface area contributed by atoms with Crippen molar-refractivity contribution in [2.45, 2.75) is 19.8 Å². The molecule has 1 fully saturated rings. The molecule has 0 saturated carbocycles. The molecule has 0 radical (unpaired) electrons. The Morgan fingerprint density at radius 1 is 1.43 bits per heavy atom. The number of ether oxygens (including phenoxy) is 2. The highest BCUT2D eigenvalue weighted by atomic mass is 35.5. The van der Waals surface area contributed by atoms with Gasteiger partial charge in [-0.2, -0.15) is 0 Å². The summed E-state index contributed by atoms with van der Waals surface area (Å²) in [7, 11) is 1.48. The topological polar surface area (TPSA) is 76.1 Å². The zero-order valence-corrected chi connectivity index (χ0v) is 13.9. The van der Waals surface area contributed by atoms with Gasteiger partial charge >= 0.3 is 5.97 Å². The van der Waals surface area contributed by atoms with E-state index in [1.165, 1.54) is 18.1 Å². The number of carboxylic acids is 1. The smallest absolute Gasteiger partial charge is 0.308 e. The van der Waals surface area contributed by atoms with Crippen LogP contribution in [0.4, 0.5) is 0 Å². The second-order valence-corrected chi connectivity index (χ2v) is 5.82. The molecule has 1 N–H and O–H groups in total. The van der Waals surface area contributed by atoms with Crippen molar-refractivity contribution in [2.24, 2.45) is 5.92 Å². The van der Waals surface area contributed by atoms with Crippen LogP contribution < -0.4 is 9.47 Å². The number of carbonyl (C=O) groups is 2. The van der Waals surface area contributed by atoms with Gasteiger partial charge in [0.25, 0.3) is 5.91 Å². The minimum Gasteiger partial charge on any atom is -0.493 e. The van der Waals surface area contributed by atoms with Crippen LogP contribution in [-0.2, 0) is 4.79 Å². The summed E-state index contributed by atoms with van der Waals surface area (Å²) in [6.07, 6.45) is 1.29. The second kappa shape index (κ2) is 7.55. The van der Waals surface area contributed by atoms with Gasteiger partial charge in [-0.1, -0.05) is 18.5 Å². The molecule has 126 valence electrons. The Labute approximate surface area is 139 Å². The first-order chi connectivity index (χ1) is 11.0. The van der Waals surface area contributed by atoms with E-state index in [9.17, 15) is 9.59 Å².